The van der Waals surface area contributed by atoms with Crippen LogP contribution >= 0.6 is 0 Å². The van der Waals surface area contributed by atoms with E-state index in [9.17, 15) is 14.0 Å². The molecule has 150 valence electrons. The van der Waals surface area contributed by atoms with Crippen molar-refractivity contribution < 1.29 is 14.0 Å². The van der Waals surface area contributed by atoms with Crippen LogP contribution in [0.4, 0.5) is 4.39 Å². The summed E-state index contributed by atoms with van der Waals surface area (Å²) in [6.07, 6.45) is 3.82. The summed E-state index contributed by atoms with van der Waals surface area (Å²) in [4.78, 5) is 26.9. The molecule has 0 bridgehead atoms. The monoisotopic (exact) mass is 377 g/mol. The molecule has 0 radical (unpaired) electrons. The normalized spacial score (nSPS) is 21.5. The molecule has 0 aromatic heterocycles. The van der Waals surface area contributed by atoms with Crippen molar-refractivity contribution in [2.24, 2.45) is 5.92 Å². The van der Waals surface area contributed by atoms with Crippen LogP contribution in [0.3, 0.4) is 0 Å². The summed E-state index contributed by atoms with van der Waals surface area (Å²) in [5.41, 5.74) is 0.865. The van der Waals surface area contributed by atoms with E-state index >= 15 is 0 Å². The van der Waals surface area contributed by atoms with E-state index in [0.29, 0.717) is 6.54 Å². The lowest BCUT2D eigenvalue weighted by Crippen LogP contribution is -2.50. The zero-order valence-corrected chi connectivity index (χ0v) is 16.6. The third kappa shape index (κ3) is 6.61. The van der Waals surface area contributed by atoms with Crippen LogP contribution in [-0.2, 0) is 9.59 Å². The lowest BCUT2D eigenvalue weighted by molar-refractivity contribution is -0.130. The summed E-state index contributed by atoms with van der Waals surface area (Å²) < 4.78 is 13.0. The van der Waals surface area contributed by atoms with E-state index in [1.807, 2.05) is 6.92 Å². The summed E-state index contributed by atoms with van der Waals surface area (Å²) in [6.45, 7) is 7.68. The van der Waals surface area contributed by atoms with Gasteiger partial charge in [-0.1, -0.05) is 25.5 Å². The molecule has 3 atom stereocenters. The van der Waals surface area contributed by atoms with Crippen LogP contribution in [-0.4, -0.2) is 42.4 Å². The first kappa shape index (κ1) is 21.4. The number of hydrogen-bond donors (Lipinski definition) is 2. The molecule has 1 aromatic carbocycles. The Hall–Kier alpha value is -1.95. The molecule has 2 amide bonds. The molecule has 0 spiro atoms. The Morgan fingerprint density at radius 1 is 1.26 bits per heavy atom. The Balaban J connectivity index is 1.85. The number of amides is 2. The van der Waals surface area contributed by atoms with E-state index in [-0.39, 0.29) is 42.2 Å². The van der Waals surface area contributed by atoms with Gasteiger partial charge in [0.05, 0.1) is 18.5 Å². The van der Waals surface area contributed by atoms with Crippen molar-refractivity contribution in [3.05, 3.63) is 35.6 Å². The number of likely N-dealkylation sites (tertiary alicyclic amines) is 1. The Kier molecular flexibility index (Phi) is 8.23. The van der Waals surface area contributed by atoms with Crippen molar-refractivity contribution in [2.45, 2.75) is 58.5 Å². The predicted molar refractivity (Wildman–Crippen MR) is 105 cm³/mol. The van der Waals surface area contributed by atoms with Gasteiger partial charge in [-0.25, -0.2) is 4.39 Å². The molecular formula is C21H32FN3O2. The van der Waals surface area contributed by atoms with Crippen LogP contribution in [0.5, 0.6) is 0 Å². The molecule has 1 aromatic rings. The van der Waals surface area contributed by atoms with Crippen molar-refractivity contribution in [3.63, 3.8) is 0 Å². The number of nitrogens with one attached hydrogen (secondary N) is 2. The number of hydrogen-bond acceptors (Lipinski definition) is 3. The third-order valence-electron chi connectivity index (χ3n) is 5.31. The topological polar surface area (TPSA) is 61.4 Å². The molecule has 1 aliphatic rings. The van der Waals surface area contributed by atoms with E-state index in [0.717, 1.165) is 37.8 Å². The van der Waals surface area contributed by atoms with Gasteiger partial charge in [0.1, 0.15) is 5.82 Å². The van der Waals surface area contributed by atoms with Gasteiger partial charge in [0.25, 0.3) is 0 Å². The minimum atomic E-state index is -0.289. The van der Waals surface area contributed by atoms with Crippen molar-refractivity contribution in [1.82, 2.24) is 15.5 Å². The summed E-state index contributed by atoms with van der Waals surface area (Å²) in [5.74, 6) is -0.325. The van der Waals surface area contributed by atoms with Gasteiger partial charge in [-0.05, 0) is 50.8 Å². The fraction of sp³-hybridized carbons (Fsp3) is 0.619. The second-order valence-corrected chi connectivity index (χ2v) is 7.54. The first-order valence-electron chi connectivity index (χ1n) is 9.97. The lowest BCUT2D eigenvalue weighted by Gasteiger charge is -2.37. The van der Waals surface area contributed by atoms with Gasteiger partial charge in [0.2, 0.25) is 11.8 Å². The smallest absolute Gasteiger partial charge is 0.234 e. The Bertz CT molecular complexity index is 620. The fourth-order valence-electron chi connectivity index (χ4n) is 3.45. The van der Waals surface area contributed by atoms with E-state index in [2.05, 4.69) is 29.4 Å². The van der Waals surface area contributed by atoms with Gasteiger partial charge in [0, 0.05) is 19.1 Å². The van der Waals surface area contributed by atoms with Crippen LogP contribution in [0.25, 0.3) is 0 Å². The van der Waals surface area contributed by atoms with Crippen molar-refractivity contribution in [2.75, 3.05) is 19.6 Å². The molecule has 0 aliphatic carbocycles. The van der Waals surface area contributed by atoms with Gasteiger partial charge in [0.15, 0.2) is 0 Å². The largest absolute Gasteiger partial charge is 0.356 e. The molecule has 0 saturated carbocycles. The minimum absolute atomic E-state index is 0.0552. The lowest BCUT2D eigenvalue weighted by atomic mass is 9.92. The highest BCUT2D eigenvalue weighted by molar-refractivity contribution is 5.80. The van der Waals surface area contributed by atoms with Crippen LogP contribution in [0.2, 0.25) is 0 Å². The number of rotatable bonds is 8. The highest BCUT2D eigenvalue weighted by Gasteiger charge is 2.30. The van der Waals surface area contributed by atoms with Crippen molar-refractivity contribution >= 4 is 11.8 Å². The standard InChI is InChI=1S/C21H32FN3O2/c1-4-5-12-23-21(27)18-7-6-15(2)25(13-18)14-20(26)24-16(3)17-8-10-19(22)11-9-17/h8-11,15-16,18H,4-7,12-14H2,1-3H3,(H,23,27)(H,24,26)/t15-,16-,18+/m0/s1. The fourth-order valence-corrected chi connectivity index (χ4v) is 3.45. The first-order chi connectivity index (χ1) is 12.9. The highest BCUT2D eigenvalue weighted by Crippen LogP contribution is 2.22. The van der Waals surface area contributed by atoms with Gasteiger partial charge in [-0.3, -0.25) is 14.5 Å². The van der Waals surface area contributed by atoms with Gasteiger partial charge in [-0.15, -0.1) is 0 Å². The zero-order valence-electron chi connectivity index (χ0n) is 16.6. The van der Waals surface area contributed by atoms with E-state index in [4.69, 9.17) is 0 Å². The predicted octanol–water partition coefficient (Wildman–Crippen LogP) is 3.02. The maximum atomic E-state index is 13.0. The Morgan fingerprint density at radius 2 is 1.96 bits per heavy atom. The number of unbranched alkanes of at least 4 members (excludes halogenated alkanes) is 1. The van der Waals surface area contributed by atoms with E-state index in [1.54, 1.807) is 12.1 Å². The van der Waals surface area contributed by atoms with Crippen molar-refractivity contribution in [3.8, 4) is 0 Å². The molecule has 1 heterocycles. The molecule has 27 heavy (non-hydrogen) atoms. The number of carbonyl (C=O) groups excluding carboxylic acids is 2. The van der Waals surface area contributed by atoms with Crippen LogP contribution in [0.1, 0.15) is 58.1 Å². The summed E-state index contributed by atoms with van der Waals surface area (Å²) in [5, 5.41) is 5.97. The summed E-state index contributed by atoms with van der Waals surface area (Å²) >= 11 is 0. The van der Waals surface area contributed by atoms with Gasteiger partial charge >= 0.3 is 0 Å². The Labute approximate surface area is 161 Å². The average molecular weight is 378 g/mol. The molecule has 0 unspecified atom stereocenters. The third-order valence-corrected chi connectivity index (χ3v) is 5.31. The molecular weight excluding hydrogens is 345 g/mol. The highest BCUT2D eigenvalue weighted by atomic mass is 19.1. The number of nitrogens with zero attached hydrogens (tertiary/aromatic N) is 1. The Morgan fingerprint density at radius 3 is 2.63 bits per heavy atom. The van der Waals surface area contributed by atoms with Crippen LogP contribution in [0.15, 0.2) is 24.3 Å². The van der Waals surface area contributed by atoms with E-state index in [1.165, 1.54) is 12.1 Å². The number of benzene rings is 1. The second kappa shape index (κ2) is 10.4. The molecule has 2 N–H and O–H groups in total. The quantitative estimate of drug-likeness (QED) is 0.685. The van der Waals surface area contributed by atoms with Gasteiger partial charge < -0.3 is 10.6 Å². The number of halogens is 1. The molecule has 2 rings (SSSR count). The molecule has 1 aliphatic heterocycles. The zero-order chi connectivity index (χ0) is 19.8. The molecule has 6 heteroatoms. The SMILES string of the molecule is CCCCNC(=O)[C@@H]1CC[C@H](C)N(CC(=O)N[C@@H](C)c2ccc(F)cc2)C1. The molecule has 1 saturated heterocycles. The maximum Gasteiger partial charge on any atom is 0.234 e. The van der Waals surface area contributed by atoms with Crippen molar-refractivity contribution in [1.29, 1.82) is 0 Å². The first-order valence-corrected chi connectivity index (χ1v) is 9.97. The number of carbonyl (C=O) groups is 2. The second-order valence-electron chi connectivity index (χ2n) is 7.54. The average Bonchev–Trinajstić information content (AvgIpc) is 2.64. The van der Waals surface area contributed by atoms with E-state index < -0.39 is 0 Å². The maximum absolute atomic E-state index is 13.0. The minimum Gasteiger partial charge on any atom is -0.356 e. The summed E-state index contributed by atoms with van der Waals surface area (Å²) in [6, 6.07) is 6.24. The van der Waals surface area contributed by atoms with Crippen LogP contribution in [0, 0.1) is 11.7 Å². The molecule has 5 nitrogen and oxygen atoms in total. The van der Waals surface area contributed by atoms with Gasteiger partial charge in [-0.2, -0.15) is 0 Å². The number of piperidine rings is 1. The molecule has 1 fully saturated rings. The van der Waals surface area contributed by atoms with Crippen LogP contribution < -0.4 is 10.6 Å². The summed E-state index contributed by atoms with van der Waals surface area (Å²) in [7, 11) is 0.